The minimum atomic E-state index is -0.713. The summed E-state index contributed by atoms with van der Waals surface area (Å²) in [6.45, 7) is 4.42. The molecule has 176 valence electrons. The van der Waals surface area contributed by atoms with Gasteiger partial charge in [0.15, 0.2) is 5.78 Å². The number of benzene rings is 2. The first-order valence-electron chi connectivity index (χ1n) is 11.1. The number of hydrogen-bond donors (Lipinski definition) is 0. The molecule has 1 saturated heterocycles. The van der Waals surface area contributed by atoms with Gasteiger partial charge in [0.1, 0.15) is 5.57 Å². The number of hydrogen-bond acceptors (Lipinski definition) is 5. The molecule has 1 aliphatic heterocycles. The monoisotopic (exact) mass is 489 g/mol. The lowest BCUT2D eigenvalue weighted by atomic mass is 9.98. The maximum absolute atomic E-state index is 13.0. The van der Waals surface area contributed by atoms with Crippen LogP contribution in [0.5, 0.6) is 0 Å². The summed E-state index contributed by atoms with van der Waals surface area (Å²) in [6, 6.07) is 12.9. The fraction of sp³-hybridized carbons (Fsp3) is 0.385. The second-order valence-corrected chi connectivity index (χ2v) is 8.79. The third kappa shape index (κ3) is 7.41. The topological polar surface area (TPSA) is 55.8 Å². The number of rotatable bonds is 11. The average Bonchev–Trinajstić information content (AvgIpc) is 3.34. The molecule has 33 heavy (non-hydrogen) atoms. The minimum absolute atomic E-state index is 0.0770. The van der Waals surface area contributed by atoms with Crippen molar-refractivity contribution in [1.29, 1.82) is 0 Å². The number of methoxy groups -OCH3 is 1. The Morgan fingerprint density at radius 1 is 1.00 bits per heavy atom. The Balaban J connectivity index is 1.64. The molecule has 0 bridgehead atoms. The normalized spacial score (nSPS) is 14.5. The van der Waals surface area contributed by atoms with Crippen molar-refractivity contribution in [3.63, 3.8) is 0 Å². The van der Waals surface area contributed by atoms with E-state index >= 15 is 0 Å². The van der Waals surface area contributed by atoms with Gasteiger partial charge in [-0.2, -0.15) is 0 Å². The molecular formula is C26H29Cl2NO4. The number of ether oxygens (including phenoxy) is 2. The van der Waals surface area contributed by atoms with Gasteiger partial charge in [-0.05, 0) is 61.7 Å². The summed E-state index contributed by atoms with van der Waals surface area (Å²) in [6.07, 6.45) is 4.57. The lowest BCUT2D eigenvalue weighted by Crippen LogP contribution is -2.24. The molecular weight excluding hydrogens is 461 g/mol. The average molecular weight is 490 g/mol. The maximum atomic E-state index is 13.0. The molecule has 0 aromatic heterocycles. The fourth-order valence-corrected chi connectivity index (χ4v) is 4.37. The fourth-order valence-electron chi connectivity index (χ4n) is 3.86. The van der Waals surface area contributed by atoms with Crippen molar-refractivity contribution in [2.45, 2.75) is 32.3 Å². The lowest BCUT2D eigenvalue weighted by molar-refractivity contribution is -0.137. The van der Waals surface area contributed by atoms with Gasteiger partial charge in [0.2, 0.25) is 0 Å². The number of likely N-dealkylation sites (tertiary alicyclic amines) is 1. The first kappa shape index (κ1) is 25.4. The van der Waals surface area contributed by atoms with Crippen molar-refractivity contribution in [2.75, 3.05) is 33.4 Å². The van der Waals surface area contributed by atoms with Gasteiger partial charge in [-0.1, -0.05) is 53.5 Å². The third-order valence-electron chi connectivity index (χ3n) is 5.74. The van der Waals surface area contributed by atoms with Gasteiger partial charge < -0.3 is 14.4 Å². The van der Waals surface area contributed by atoms with E-state index in [2.05, 4.69) is 4.90 Å². The van der Waals surface area contributed by atoms with Crippen LogP contribution < -0.4 is 0 Å². The van der Waals surface area contributed by atoms with E-state index in [-0.39, 0.29) is 17.8 Å². The van der Waals surface area contributed by atoms with Crippen LogP contribution in [-0.2, 0) is 32.1 Å². The molecule has 0 spiro atoms. The number of ketones is 1. The molecule has 2 aromatic carbocycles. The first-order chi connectivity index (χ1) is 16.0. The number of aryl methyl sites for hydroxylation is 1. The third-order valence-corrected chi connectivity index (χ3v) is 6.40. The van der Waals surface area contributed by atoms with E-state index in [4.69, 9.17) is 32.7 Å². The lowest BCUT2D eigenvalue weighted by Gasteiger charge is -2.15. The number of carbonyl (C=O) groups is 2. The molecule has 2 aromatic rings. The zero-order chi connectivity index (χ0) is 23.6. The van der Waals surface area contributed by atoms with Gasteiger partial charge in [0.05, 0.1) is 20.3 Å². The van der Waals surface area contributed by atoms with E-state index in [0.29, 0.717) is 35.2 Å². The zero-order valence-electron chi connectivity index (χ0n) is 18.8. The summed E-state index contributed by atoms with van der Waals surface area (Å²) in [5, 5.41) is 0.709. The molecule has 0 atom stereocenters. The Kier molecular flexibility index (Phi) is 9.95. The van der Waals surface area contributed by atoms with Crippen LogP contribution in [0.25, 0.3) is 6.08 Å². The second kappa shape index (κ2) is 12.9. The highest BCUT2D eigenvalue weighted by Crippen LogP contribution is 2.27. The van der Waals surface area contributed by atoms with Crippen molar-refractivity contribution in [1.82, 2.24) is 4.90 Å². The summed E-state index contributed by atoms with van der Waals surface area (Å²) < 4.78 is 10.7. The van der Waals surface area contributed by atoms with E-state index < -0.39 is 5.97 Å². The maximum Gasteiger partial charge on any atom is 0.341 e. The SMILES string of the molecule is COC(=O)C(=Cc1c(Cl)cccc1Cl)C(=O)CCc1ccccc1COCCN1CCCC1. The van der Waals surface area contributed by atoms with Gasteiger partial charge in [-0.3, -0.25) is 4.79 Å². The number of carbonyl (C=O) groups excluding carboxylic acids is 2. The van der Waals surface area contributed by atoms with Crippen molar-refractivity contribution >= 4 is 41.0 Å². The molecule has 0 amide bonds. The Morgan fingerprint density at radius 2 is 1.67 bits per heavy atom. The van der Waals surface area contributed by atoms with Crippen LogP contribution in [0, 0.1) is 0 Å². The Bertz CT molecular complexity index is 979. The van der Waals surface area contributed by atoms with Crippen LogP contribution in [0.3, 0.4) is 0 Å². The summed E-state index contributed by atoms with van der Waals surface area (Å²) in [5.74, 6) is -1.04. The Labute approximate surface area is 205 Å². The van der Waals surface area contributed by atoms with Crippen molar-refractivity contribution in [2.24, 2.45) is 0 Å². The Morgan fingerprint density at radius 3 is 2.33 bits per heavy atom. The van der Waals surface area contributed by atoms with E-state index in [0.717, 1.165) is 30.8 Å². The summed E-state index contributed by atoms with van der Waals surface area (Å²) in [4.78, 5) is 27.7. The Hall–Kier alpha value is -2.18. The smallest absolute Gasteiger partial charge is 0.341 e. The van der Waals surface area contributed by atoms with Crippen molar-refractivity contribution in [3.8, 4) is 0 Å². The van der Waals surface area contributed by atoms with Gasteiger partial charge in [-0.25, -0.2) is 4.79 Å². The van der Waals surface area contributed by atoms with Crippen LogP contribution in [-0.4, -0.2) is 50.0 Å². The van der Waals surface area contributed by atoms with Gasteiger partial charge >= 0.3 is 5.97 Å². The molecule has 0 N–H and O–H groups in total. The molecule has 1 heterocycles. The standard InChI is InChI=1S/C26H29Cl2NO4/c1-32-26(31)22(17-21-23(27)9-6-10-24(21)28)25(30)12-11-19-7-2-3-8-20(19)18-33-16-15-29-13-4-5-14-29/h2-3,6-10,17H,4-5,11-16,18H2,1H3. The van der Waals surface area contributed by atoms with Crippen LogP contribution >= 0.6 is 23.2 Å². The number of nitrogens with zero attached hydrogens (tertiary/aromatic N) is 1. The number of halogens is 2. The molecule has 5 nitrogen and oxygen atoms in total. The quantitative estimate of drug-likeness (QED) is 0.140. The molecule has 1 aliphatic rings. The van der Waals surface area contributed by atoms with Gasteiger partial charge in [-0.15, -0.1) is 0 Å². The zero-order valence-corrected chi connectivity index (χ0v) is 20.3. The van der Waals surface area contributed by atoms with Crippen molar-refractivity contribution in [3.05, 3.63) is 74.8 Å². The predicted octanol–water partition coefficient (Wildman–Crippen LogP) is 5.36. The van der Waals surface area contributed by atoms with Gasteiger partial charge in [0.25, 0.3) is 0 Å². The second-order valence-electron chi connectivity index (χ2n) is 7.98. The molecule has 0 unspecified atom stereocenters. The van der Waals surface area contributed by atoms with Crippen LogP contribution in [0.1, 0.15) is 36.0 Å². The molecule has 0 saturated carbocycles. The van der Waals surface area contributed by atoms with Crippen molar-refractivity contribution < 1.29 is 19.1 Å². The van der Waals surface area contributed by atoms with E-state index in [1.54, 1.807) is 18.2 Å². The summed E-state index contributed by atoms with van der Waals surface area (Å²) in [7, 11) is 1.24. The van der Waals surface area contributed by atoms with Crippen LogP contribution in [0.4, 0.5) is 0 Å². The molecule has 3 rings (SSSR count). The van der Waals surface area contributed by atoms with Gasteiger partial charge in [0, 0.05) is 28.6 Å². The molecule has 0 radical (unpaired) electrons. The predicted molar refractivity (Wildman–Crippen MR) is 132 cm³/mol. The minimum Gasteiger partial charge on any atom is -0.465 e. The number of Topliss-reactive ketones (excluding diaryl/α,β-unsaturated/α-hetero) is 1. The first-order valence-corrected chi connectivity index (χ1v) is 11.9. The largest absolute Gasteiger partial charge is 0.465 e. The van der Waals surface area contributed by atoms with E-state index in [1.807, 2.05) is 24.3 Å². The van der Waals surface area contributed by atoms with Crippen LogP contribution in [0.15, 0.2) is 48.0 Å². The number of esters is 1. The molecule has 1 fully saturated rings. The van der Waals surface area contributed by atoms with Crippen LogP contribution in [0.2, 0.25) is 10.0 Å². The molecule has 0 aliphatic carbocycles. The summed E-state index contributed by atoms with van der Waals surface area (Å²) >= 11 is 12.4. The highest BCUT2D eigenvalue weighted by molar-refractivity contribution is 6.37. The highest BCUT2D eigenvalue weighted by atomic mass is 35.5. The van der Waals surface area contributed by atoms with E-state index in [9.17, 15) is 9.59 Å². The van der Waals surface area contributed by atoms with E-state index in [1.165, 1.54) is 26.0 Å². The highest BCUT2D eigenvalue weighted by Gasteiger charge is 2.20. The molecule has 7 heteroatoms. The summed E-state index contributed by atoms with van der Waals surface area (Å²) in [5.41, 5.74) is 2.41.